The molecule has 1 amide bonds. The summed E-state index contributed by atoms with van der Waals surface area (Å²) >= 11 is 0. The molecule has 1 aromatic heterocycles. The molecule has 0 radical (unpaired) electrons. The van der Waals surface area contributed by atoms with Gasteiger partial charge < -0.3 is 25.1 Å². The lowest BCUT2D eigenvalue weighted by Crippen LogP contribution is -2.25. The van der Waals surface area contributed by atoms with Crippen molar-refractivity contribution in [3.05, 3.63) is 65.5 Å². The van der Waals surface area contributed by atoms with E-state index in [1.807, 2.05) is 41.0 Å². The number of nitrogens with two attached hydrogens (primary N) is 1. The van der Waals surface area contributed by atoms with Crippen LogP contribution in [0.2, 0.25) is 0 Å². The Labute approximate surface area is 191 Å². The van der Waals surface area contributed by atoms with Gasteiger partial charge in [0.1, 0.15) is 19.2 Å². The van der Waals surface area contributed by atoms with Crippen LogP contribution in [0, 0.1) is 0 Å². The van der Waals surface area contributed by atoms with Crippen molar-refractivity contribution in [3.8, 4) is 0 Å². The van der Waals surface area contributed by atoms with Gasteiger partial charge in [0, 0.05) is 5.75 Å². The van der Waals surface area contributed by atoms with E-state index in [9.17, 15) is 4.79 Å². The zero-order valence-electron chi connectivity index (χ0n) is 19.2. The van der Waals surface area contributed by atoms with Gasteiger partial charge in [-0.25, -0.2) is 19.8 Å². The van der Waals surface area contributed by atoms with Gasteiger partial charge in [-0.2, -0.15) is 0 Å². The Bertz CT molecular complexity index is 1020. The molecule has 0 aliphatic rings. The average molecular weight is 459 g/mol. The first kappa shape index (κ1) is 24.1. The highest BCUT2D eigenvalue weighted by Crippen LogP contribution is 2.33. The van der Waals surface area contributed by atoms with Gasteiger partial charge in [0.05, 0.1) is 24.2 Å². The maximum atomic E-state index is 12.2. The fourth-order valence-corrected chi connectivity index (χ4v) is 3.83. The van der Waals surface area contributed by atoms with E-state index in [2.05, 4.69) is 36.2 Å². The summed E-state index contributed by atoms with van der Waals surface area (Å²) in [5, 5.41) is 2.81. The molecule has 8 heteroatoms. The van der Waals surface area contributed by atoms with Crippen molar-refractivity contribution in [1.29, 1.82) is 0 Å². The second-order valence-electron chi connectivity index (χ2n) is 8.57. The standard InChI is InChI=1S/C24H34N4O3S/c1-32(2,3)14-13-30-18-28-22-10-9-19(11-12-25)15-21(22)27-23(28)16-26-24(29)31-17-20-7-5-4-6-8-20/h4-10,15H,11-14,16-18,25H2,1-3H3,(H,26,29). The van der Waals surface area contributed by atoms with Crippen LogP contribution in [0.1, 0.15) is 17.0 Å². The van der Waals surface area contributed by atoms with Crippen LogP contribution in [-0.4, -0.2) is 53.3 Å². The number of ether oxygens (including phenoxy) is 2. The minimum absolute atomic E-state index is 0.226. The molecule has 0 saturated heterocycles. The van der Waals surface area contributed by atoms with Crippen LogP contribution in [0.5, 0.6) is 0 Å². The molecule has 0 aliphatic carbocycles. The van der Waals surface area contributed by atoms with Crippen LogP contribution < -0.4 is 11.1 Å². The average Bonchev–Trinajstić information content (AvgIpc) is 3.11. The summed E-state index contributed by atoms with van der Waals surface area (Å²) in [4.78, 5) is 17.0. The van der Waals surface area contributed by atoms with Gasteiger partial charge >= 0.3 is 6.09 Å². The number of hydrogen-bond acceptors (Lipinski definition) is 5. The lowest BCUT2D eigenvalue weighted by Gasteiger charge is -2.24. The highest BCUT2D eigenvalue weighted by Gasteiger charge is 2.14. The topological polar surface area (TPSA) is 91.4 Å². The molecule has 0 unspecified atom stereocenters. The number of benzene rings is 2. The summed E-state index contributed by atoms with van der Waals surface area (Å²) in [5.41, 5.74) is 9.63. The van der Waals surface area contributed by atoms with E-state index in [4.69, 9.17) is 20.2 Å². The van der Waals surface area contributed by atoms with Crippen molar-refractivity contribution < 1.29 is 14.3 Å². The number of imidazole rings is 1. The molecule has 3 aromatic rings. The number of carbonyl (C=O) groups is 1. The zero-order valence-corrected chi connectivity index (χ0v) is 20.0. The molecule has 7 nitrogen and oxygen atoms in total. The van der Waals surface area contributed by atoms with E-state index in [-0.39, 0.29) is 13.2 Å². The van der Waals surface area contributed by atoms with Crippen LogP contribution in [0.25, 0.3) is 11.0 Å². The number of amides is 1. The molecular formula is C24H34N4O3S. The highest BCUT2D eigenvalue weighted by atomic mass is 32.3. The van der Waals surface area contributed by atoms with E-state index >= 15 is 0 Å². The lowest BCUT2D eigenvalue weighted by atomic mass is 10.1. The second-order valence-corrected chi connectivity index (χ2v) is 13.2. The molecule has 1 heterocycles. The minimum Gasteiger partial charge on any atom is -0.445 e. The zero-order chi connectivity index (χ0) is 23.0. The smallest absolute Gasteiger partial charge is 0.407 e. The molecule has 0 bridgehead atoms. The summed E-state index contributed by atoms with van der Waals surface area (Å²) < 4.78 is 13.3. The van der Waals surface area contributed by atoms with Crippen molar-refractivity contribution in [2.45, 2.75) is 26.3 Å². The van der Waals surface area contributed by atoms with Crippen molar-refractivity contribution in [1.82, 2.24) is 14.9 Å². The van der Waals surface area contributed by atoms with Crippen LogP contribution >= 0.6 is 10.0 Å². The van der Waals surface area contributed by atoms with Crippen molar-refractivity contribution >= 4 is 27.2 Å². The van der Waals surface area contributed by atoms with Gasteiger partial charge in [0.15, 0.2) is 0 Å². The largest absolute Gasteiger partial charge is 0.445 e. The molecular weight excluding hydrogens is 424 g/mol. The Morgan fingerprint density at radius 3 is 2.62 bits per heavy atom. The Balaban J connectivity index is 1.67. The first-order chi connectivity index (χ1) is 15.4. The predicted octanol–water partition coefficient (Wildman–Crippen LogP) is 3.63. The van der Waals surface area contributed by atoms with Crippen LogP contribution in [0.15, 0.2) is 48.5 Å². The van der Waals surface area contributed by atoms with Gasteiger partial charge in [-0.3, -0.25) is 0 Å². The molecule has 3 N–H and O–H groups in total. The van der Waals surface area contributed by atoms with E-state index in [1.54, 1.807) is 0 Å². The molecule has 2 aromatic carbocycles. The molecule has 0 fully saturated rings. The third-order valence-electron chi connectivity index (χ3n) is 4.99. The van der Waals surface area contributed by atoms with Crippen LogP contribution in [0.3, 0.4) is 0 Å². The maximum Gasteiger partial charge on any atom is 0.407 e. The molecule has 174 valence electrons. The fraction of sp³-hybridized carbons (Fsp3) is 0.417. The van der Waals surface area contributed by atoms with Crippen molar-refractivity contribution in [2.75, 3.05) is 37.7 Å². The number of aromatic nitrogens is 2. The quantitative estimate of drug-likeness (QED) is 0.428. The molecule has 0 saturated carbocycles. The minimum atomic E-state index is -0.616. The van der Waals surface area contributed by atoms with Crippen molar-refractivity contribution in [2.24, 2.45) is 5.73 Å². The number of hydrogen-bond donors (Lipinski definition) is 2. The van der Waals surface area contributed by atoms with E-state index in [0.29, 0.717) is 19.9 Å². The first-order valence-electron chi connectivity index (χ1n) is 10.7. The summed E-state index contributed by atoms with van der Waals surface area (Å²) in [6, 6.07) is 15.8. The number of nitrogens with zero attached hydrogens (tertiary/aromatic N) is 2. The highest BCUT2D eigenvalue weighted by molar-refractivity contribution is 8.32. The Hall–Kier alpha value is -2.55. The first-order valence-corrected chi connectivity index (χ1v) is 13.7. The second kappa shape index (κ2) is 11.4. The fourth-order valence-electron chi connectivity index (χ4n) is 3.22. The van der Waals surface area contributed by atoms with E-state index in [1.165, 1.54) is 0 Å². The van der Waals surface area contributed by atoms with Gasteiger partial charge in [-0.1, -0.05) is 36.4 Å². The predicted molar refractivity (Wildman–Crippen MR) is 132 cm³/mol. The lowest BCUT2D eigenvalue weighted by molar-refractivity contribution is 0.0897. The van der Waals surface area contributed by atoms with E-state index < -0.39 is 16.1 Å². The van der Waals surface area contributed by atoms with E-state index in [0.717, 1.165) is 40.2 Å². The molecule has 0 atom stereocenters. The third-order valence-corrected chi connectivity index (χ3v) is 6.38. The summed E-state index contributed by atoms with van der Waals surface area (Å²) in [6.45, 7) is 2.15. The number of fused-ring (bicyclic) bond motifs is 1. The number of nitrogens with one attached hydrogen (secondary N) is 1. The molecule has 32 heavy (non-hydrogen) atoms. The maximum absolute atomic E-state index is 12.2. The summed E-state index contributed by atoms with van der Waals surface area (Å²) in [6.07, 6.45) is 7.15. The van der Waals surface area contributed by atoms with Crippen LogP contribution in [0.4, 0.5) is 4.79 Å². The molecule has 3 rings (SSSR count). The number of alkyl carbamates (subject to hydrolysis) is 1. The summed E-state index contributed by atoms with van der Waals surface area (Å²) in [7, 11) is -0.616. The van der Waals surface area contributed by atoms with Gasteiger partial charge in [0.25, 0.3) is 0 Å². The Morgan fingerprint density at radius 2 is 1.91 bits per heavy atom. The number of carbonyl (C=O) groups excluding carboxylic acids is 1. The normalized spacial score (nSPS) is 12.1. The third kappa shape index (κ3) is 7.25. The monoisotopic (exact) mass is 458 g/mol. The SMILES string of the molecule is CS(C)(C)CCOCn1c(CNC(=O)OCc2ccccc2)nc2cc(CCN)ccc21. The van der Waals surface area contributed by atoms with Gasteiger partial charge in [-0.15, -0.1) is 0 Å². The Kier molecular flexibility index (Phi) is 8.55. The molecule has 0 aliphatic heterocycles. The number of rotatable bonds is 11. The van der Waals surface area contributed by atoms with Gasteiger partial charge in [0.2, 0.25) is 0 Å². The van der Waals surface area contributed by atoms with Gasteiger partial charge in [-0.05, 0) is 55.0 Å². The Morgan fingerprint density at radius 1 is 1.12 bits per heavy atom. The van der Waals surface area contributed by atoms with Crippen LogP contribution in [-0.2, 0) is 35.8 Å². The summed E-state index contributed by atoms with van der Waals surface area (Å²) in [5.74, 6) is 1.77. The molecule has 0 spiro atoms. The van der Waals surface area contributed by atoms with Crippen molar-refractivity contribution in [3.63, 3.8) is 0 Å².